The van der Waals surface area contributed by atoms with Gasteiger partial charge in [-0.25, -0.2) is 0 Å². The van der Waals surface area contributed by atoms with E-state index in [1.165, 1.54) is 16.1 Å². The highest BCUT2D eigenvalue weighted by Crippen LogP contribution is 2.28. The van der Waals surface area contributed by atoms with Gasteiger partial charge in [0.1, 0.15) is 0 Å². The van der Waals surface area contributed by atoms with Gasteiger partial charge in [-0.2, -0.15) is 0 Å². The van der Waals surface area contributed by atoms with Crippen LogP contribution in [0, 0.1) is 0 Å². The minimum Gasteiger partial charge on any atom is -0.371 e. The van der Waals surface area contributed by atoms with Crippen LogP contribution in [0.15, 0.2) is 40.2 Å². The maximum absolute atomic E-state index is 5.99. The first-order chi connectivity index (χ1) is 9.97. The van der Waals surface area contributed by atoms with Crippen LogP contribution in [0.5, 0.6) is 0 Å². The SMILES string of the molecule is CC(N)Cc1ccc(Br)cc1N(C)C(C)Cc1cccs1. The summed E-state index contributed by atoms with van der Waals surface area (Å²) >= 11 is 5.41. The molecule has 1 aromatic carbocycles. The molecule has 2 rings (SSSR count). The number of nitrogens with two attached hydrogens (primary N) is 1. The van der Waals surface area contributed by atoms with Gasteiger partial charge in [-0.1, -0.05) is 28.1 Å². The van der Waals surface area contributed by atoms with E-state index in [1.54, 1.807) is 0 Å². The van der Waals surface area contributed by atoms with E-state index in [-0.39, 0.29) is 6.04 Å². The number of halogens is 1. The third-order valence-electron chi connectivity index (χ3n) is 3.71. The lowest BCUT2D eigenvalue weighted by Crippen LogP contribution is -2.32. The number of nitrogens with zero attached hydrogens (tertiary/aromatic N) is 1. The van der Waals surface area contributed by atoms with Crippen molar-refractivity contribution in [2.45, 2.75) is 38.8 Å². The molecule has 2 nitrogen and oxygen atoms in total. The molecule has 21 heavy (non-hydrogen) atoms. The van der Waals surface area contributed by atoms with Crippen molar-refractivity contribution in [3.63, 3.8) is 0 Å². The van der Waals surface area contributed by atoms with Crippen molar-refractivity contribution in [2.75, 3.05) is 11.9 Å². The Balaban J connectivity index is 2.20. The Kier molecular flexibility index (Phi) is 5.85. The summed E-state index contributed by atoms with van der Waals surface area (Å²) in [5.41, 5.74) is 8.57. The molecule has 0 aliphatic carbocycles. The lowest BCUT2D eigenvalue weighted by atomic mass is 10.0. The average molecular weight is 367 g/mol. The Morgan fingerprint density at radius 3 is 2.62 bits per heavy atom. The molecule has 2 N–H and O–H groups in total. The highest BCUT2D eigenvalue weighted by atomic mass is 79.9. The van der Waals surface area contributed by atoms with E-state index >= 15 is 0 Å². The van der Waals surface area contributed by atoms with Gasteiger partial charge < -0.3 is 10.6 Å². The summed E-state index contributed by atoms with van der Waals surface area (Å²) in [4.78, 5) is 3.79. The summed E-state index contributed by atoms with van der Waals surface area (Å²) in [6.07, 6.45) is 1.97. The van der Waals surface area contributed by atoms with Crippen molar-refractivity contribution in [1.29, 1.82) is 0 Å². The smallest absolute Gasteiger partial charge is 0.0410 e. The van der Waals surface area contributed by atoms with E-state index in [0.29, 0.717) is 6.04 Å². The van der Waals surface area contributed by atoms with Crippen LogP contribution >= 0.6 is 27.3 Å². The van der Waals surface area contributed by atoms with Gasteiger partial charge in [-0.15, -0.1) is 11.3 Å². The zero-order valence-corrected chi connectivity index (χ0v) is 15.2. The lowest BCUT2D eigenvalue weighted by Gasteiger charge is -2.29. The molecule has 2 atom stereocenters. The van der Waals surface area contributed by atoms with E-state index in [2.05, 4.69) is 77.4 Å². The molecule has 0 fully saturated rings. The highest BCUT2D eigenvalue weighted by molar-refractivity contribution is 9.10. The van der Waals surface area contributed by atoms with Gasteiger partial charge in [0.2, 0.25) is 0 Å². The zero-order valence-electron chi connectivity index (χ0n) is 12.8. The summed E-state index contributed by atoms with van der Waals surface area (Å²) in [6, 6.07) is 11.4. The predicted molar refractivity (Wildman–Crippen MR) is 97.4 cm³/mol. The molecule has 2 unspecified atom stereocenters. The number of anilines is 1. The Hall–Kier alpha value is -0.840. The van der Waals surface area contributed by atoms with E-state index in [1.807, 2.05) is 11.3 Å². The van der Waals surface area contributed by atoms with Crippen LogP contribution in [-0.4, -0.2) is 19.1 Å². The third-order valence-corrected chi connectivity index (χ3v) is 5.10. The molecule has 114 valence electrons. The normalized spacial score (nSPS) is 14.0. The Morgan fingerprint density at radius 1 is 1.24 bits per heavy atom. The molecular weight excluding hydrogens is 344 g/mol. The molecule has 0 bridgehead atoms. The summed E-state index contributed by atoms with van der Waals surface area (Å²) in [6.45, 7) is 4.33. The van der Waals surface area contributed by atoms with Crippen molar-refractivity contribution in [3.05, 3.63) is 50.6 Å². The Labute approximate surface area is 140 Å². The number of thiophene rings is 1. The van der Waals surface area contributed by atoms with Crippen LogP contribution in [0.4, 0.5) is 5.69 Å². The summed E-state index contributed by atoms with van der Waals surface area (Å²) in [7, 11) is 2.17. The second-order valence-electron chi connectivity index (χ2n) is 5.70. The van der Waals surface area contributed by atoms with Crippen LogP contribution < -0.4 is 10.6 Å². The van der Waals surface area contributed by atoms with Crippen molar-refractivity contribution >= 4 is 33.0 Å². The Bertz CT molecular complexity index is 566. The number of hydrogen-bond donors (Lipinski definition) is 1. The van der Waals surface area contributed by atoms with Crippen LogP contribution in [0.3, 0.4) is 0 Å². The summed E-state index contributed by atoms with van der Waals surface area (Å²) in [5, 5.41) is 2.14. The molecule has 4 heteroatoms. The number of rotatable bonds is 6. The van der Waals surface area contributed by atoms with Gasteiger partial charge in [-0.05, 0) is 49.4 Å². The minimum absolute atomic E-state index is 0.172. The van der Waals surface area contributed by atoms with E-state index < -0.39 is 0 Å². The fourth-order valence-electron chi connectivity index (χ4n) is 2.48. The molecular formula is C17H23BrN2S. The number of benzene rings is 1. The topological polar surface area (TPSA) is 29.3 Å². The average Bonchev–Trinajstić information content (AvgIpc) is 2.92. The van der Waals surface area contributed by atoms with Crippen LogP contribution in [-0.2, 0) is 12.8 Å². The van der Waals surface area contributed by atoms with Crippen LogP contribution in [0.2, 0.25) is 0 Å². The second kappa shape index (κ2) is 7.43. The first-order valence-corrected chi connectivity index (χ1v) is 8.94. The Morgan fingerprint density at radius 2 is 2.00 bits per heavy atom. The van der Waals surface area contributed by atoms with Gasteiger partial charge >= 0.3 is 0 Å². The van der Waals surface area contributed by atoms with Gasteiger partial charge in [0, 0.05) is 40.6 Å². The van der Waals surface area contributed by atoms with Gasteiger partial charge in [0.25, 0.3) is 0 Å². The quantitative estimate of drug-likeness (QED) is 0.816. The largest absolute Gasteiger partial charge is 0.371 e. The monoisotopic (exact) mass is 366 g/mol. The van der Waals surface area contributed by atoms with E-state index in [9.17, 15) is 0 Å². The van der Waals surface area contributed by atoms with Crippen LogP contribution in [0.25, 0.3) is 0 Å². The molecule has 0 aliphatic rings. The number of likely N-dealkylation sites (N-methyl/N-ethyl adjacent to an activating group) is 1. The van der Waals surface area contributed by atoms with E-state index in [0.717, 1.165) is 17.3 Å². The zero-order chi connectivity index (χ0) is 15.4. The molecule has 0 amide bonds. The third kappa shape index (κ3) is 4.56. The maximum Gasteiger partial charge on any atom is 0.0410 e. The van der Waals surface area contributed by atoms with Crippen molar-refractivity contribution < 1.29 is 0 Å². The summed E-state index contributed by atoms with van der Waals surface area (Å²) < 4.78 is 1.11. The van der Waals surface area contributed by atoms with Gasteiger partial charge in [-0.3, -0.25) is 0 Å². The van der Waals surface area contributed by atoms with Gasteiger partial charge in [0.05, 0.1) is 0 Å². The second-order valence-corrected chi connectivity index (χ2v) is 7.65. The standard InChI is InChI=1S/C17H23BrN2S/c1-12(19)9-14-6-7-15(18)11-17(14)20(3)13(2)10-16-5-4-8-21-16/h4-8,11-13H,9-10,19H2,1-3H3. The van der Waals surface area contributed by atoms with Crippen molar-refractivity contribution in [3.8, 4) is 0 Å². The van der Waals surface area contributed by atoms with E-state index in [4.69, 9.17) is 5.73 Å². The van der Waals surface area contributed by atoms with Crippen molar-refractivity contribution in [1.82, 2.24) is 0 Å². The maximum atomic E-state index is 5.99. The van der Waals surface area contributed by atoms with Gasteiger partial charge in [0.15, 0.2) is 0 Å². The molecule has 0 saturated carbocycles. The molecule has 0 radical (unpaired) electrons. The molecule has 0 aliphatic heterocycles. The first-order valence-electron chi connectivity index (χ1n) is 7.26. The first kappa shape index (κ1) is 16.5. The molecule has 0 spiro atoms. The molecule has 1 aromatic heterocycles. The summed E-state index contributed by atoms with van der Waals surface area (Å²) in [5.74, 6) is 0. The number of hydrogen-bond acceptors (Lipinski definition) is 3. The lowest BCUT2D eigenvalue weighted by molar-refractivity contribution is 0.677. The minimum atomic E-state index is 0.172. The van der Waals surface area contributed by atoms with Crippen molar-refractivity contribution in [2.24, 2.45) is 5.73 Å². The molecule has 2 aromatic rings. The predicted octanol–water partition coefficient (Wildman–Crippen LogP) is 4.47. The van der Waals surface area contributed by atoms with Crippen LogP contribution in [0.1, 0.15) is 24.3 Å². The fourth-order valence-corrected chi connectivity index (χ4v) is 3.65. The highest BCUT2D eigenvalue weighted by Gasteiger charge is 2.15. The molecule has 0 saturated heterocycles. The fraction of sp³-hybridized carbons (Fsp3) is 0.412. The molecule has 1 heterocycles.